The molecule has 0 aliphatic heterocycles. The fourth-order valence-electron chi connectivity index (χ4n) is 2.31. The monoisotopic (exact) mass is 338 g/mol. The van der Waals surface area contributed by atoms with Gasteiger partial charge in [0.25, 0.3) is 5.56 Å². The van der Waals surface area contributed by atoms with Crippen LogP contribution in [-0.4, -0.2) is 9.97 Å². The zero-order chi connectivity index (χ0) is 15.7. The molecule has 3 nitrogen and oxygen atoms in total. The van der Waals surface area contributed by atoms with E-state index in [2.05, 4.69) is 9.97 Å². The first-order valence-electron chi connectivity index (χ1n) is 7.20. The number of hydrogen-bond acceptors (Lipinski definition) is 3. The van der Waals surface area contributed by atoms with Crippen LogP contribution in [0, 0.1) is 18.7 Å². The van der Waals surface area contributed by atoms with Gasteiger partial charge in [0, 0.05) is 27.6 Å². The Bertz CT molecular complexity index is 738. The lowest BCUT2D eigenvalue weighted by Crippen LogP contribution is -2.17. The van der Waals surface area contributed by atoms with E-state index in [1.165, 1.54) is 30.7 Å². The second-order valence-corrected chi connectivity index (χ2v) is 6.94. The van der Waals surface area contributed by atoms with E-state index in [1.54, 1.807) is 12.1 Å². The Morgan fingerprint density at radius 3 is 2.82 bits per heavy atom. The van der Waals surface area contributed by atoms with Gasteiger partial charge in [0.15, 0.2) is 5.16 Å². The predicted octanol–water partition coefficient (Wildman–Crippen LogP) is 4.12. The summed E-state index contributed by atoms with van der Waals surface area (Å²) < 4.78 is 13.7. The number of H-pyrrole nitrogens is 1. The maximum atomic E-state index is 13.7. The average molecular weight is 339 g/mol. The van der Waals surface area contributed by atoms with Gasteiger partial charge in [-0.3, -0.25) is 4.79 Å². The molecule has 1 saturated carbocycles. The Hall–Kier alpha value is -1.33. The summed E-state index contributed by atoms with van der Waals surface area (Å²) in [4.78, 5) is 19.4. The minimum absolute atomic E-state index is 0.0819. The molecule has 1 N–H and O–H groups in total. The van der Waals surface area contributed by atoms with Crippen LogP contribution in [0.1, 0.15) is 29.7 Å². The molecule has 2 aromatic rings. The summed E-state index contributed by atoms with van der Waals surface area (Å²) in [7, 11) is 0. The molecule has 0 spiro atoms. The normalized spacial score (nSPS) is 14.3. The molecule has 0 unspecified atom stereocenters. The quantitative estimate of drug-likeness (QED) is 0.659. The summed E-state index contributed by atoms with van der Waals surface area (Å²) in [6.07, 6.45) is 3.20. The number of rotatable bonds is 5. The molecule has 0 saturated heterocycles. The van der Waals surface area contributed by atoms with E-state index in [-0.39, 0.29) is 11.4 Å². The van der Waals surface area contributed by atoms with Gasteiger partial charge in [0.05, 0.1) is 0 Å². The summed E-state index contributed by atoms with van der Waals surface area (Å²) in [6.45, 7) is 1.85. The number of aryl methyl sites for hydroxylation is 1. The van der Waals surface area contributed by atoms with Gasteiger partial charge in [-0.2, -0.15) is 0 Å². The van der Waals surface area contributed by atoms with Gasteiger partial charge in [0.1, 0.15) is 5.82 Å². The lowest BCUT2D eigenvalue weighted by molar-refractivity contribution is 0.617. The molecule has 0 radical (unpaired) electrons. The SMILES string of the molecule is Cc1nc(SCc2c(F)cccc2Cl)[nH]c(=O)c1CC1CC1. The Kier molecular flexibility index (Phi) is 4.54. The van der Waals surface area contributed by atoms with Crippen LogP contribution >= 0.6 is 23.4 Å². The molecule has 1 aliphatic carbocycles. The molecular formula is C16H16ClFN2OS. The molecule has 116 valence electrons. The third-order valence-corrected chi connectivity index (χ3v) is 5.06. The standard InChI is InChI=1S/C16H16ClFN2OS/c1-9-11(7-10-5-6-10)15(21)20-16(19-9)22-8-12-13(17)3-2-4-14(12)18/h2-4,10H,5-8H2,1H3,(H,19,20,21). The lowest BCUT2D eigenvalue weighted by atomic mass is 10.1. The highest BCUT2D eigenvalue weighted by atomic mass is 35.5. The molecule has 0 atom stereocenters. The first-order chi connectivity index (χ1) is 10.5. The van der Waals surface area contributed by atoms with E-state index in [1.807, 2.05) is 6.92 Å². The fourth-order valence-corrected chi connectivity index (χ4v) is 3.56. The molecule has 0 bridgehead atoms. The highest BCUT2D eigenvalue weighted by Gasteiger charge is 2.24. The van der Waals surface area contributed by atoms with Crippen LogP contribution < -0.4 is 5.56 Å². The maximum absolute atomic E-state index is 13.7. The van der Waals surface area contributed by atoms with Crippen molar-refractivity contribution < 1.29 is 4.39 Å². The van der Waals surface area contributed by atoms with Gasteiger partial charge in [-0.1, -0.05) is 29.4 Å². The Morgan fingerprint density at radius 1 is 1.41 bits per heavy atom. The van der Waals surface area contributed by atoms with E-state index in [0.29, 0.717) is 27.4 Å². The van der Waals surface area contributed by atoms with Crippen LogP contribution in [-0.2, 0) is 12.2 Å². The zero-order valence-corrected chi connectivity index (χ0v) is 13.7. The van der Waals surface area contributed by atoms with Crippen molar-refractivity contribution in [1.82, 2.24) is 9.97 Å². The Balaban J connectivity index is 1.77. The van der Waals surface area contributed by atoms with Gasteiger partial charge in [-0.15, -0.1) is 0 Å². The van der Waals surface area contributed by atoms with Gasteiger partial charge >= 0.3 is 0 Å². The minimum atomic E-state index is -0.343. The highest BCUT2D eigenvalue weighted by Crippen LogP contribution is 2.32. The average Bonchev–Trinajstić information content (AvgIpc) is 3.26. The molecule has 22 heavy (non-hydrogen) atoms. The smallest absolute Gasteiger partial charge is 0.254 e. The van der Waals surface area contributed by atoms with E-state index < -0.39 is 0 Å². The maximum Gasteiger partial charge on any atom is 0.254 e. The number of nitrogens with one attached hydrogen (secondary N) is 1. The van der Waals surface area contributed by atoms with Gasteiger partial charge < -0.3 is 4.98 Å². The first-order valence-corrected chi connectivity index (χ1v) is 8.56. The number of nitrogens with zero attached hydrogens (tertiary/aromatic N) is 1. The molecule has 6 heteroatoms. The van der Waals surface area contributed by atoms with Crippen molar-refractivity contribution in [2.45, 2.75) is 37.1 Å². The Labute approximate surface area is 137 Å². The van der Waals surface area contributed by atoms with Crippen LogP contribution in [0.3, 0.4) is 0 Å². The lowest BCUT2D eigenvalue weighted by Gasteiger charge is -2.08. The number of hydrogen-bond donors (Lipinski definition) is 1. The van der Waals surface area contributed by atoms with E-state index in [0.717, 1.165) is 17.7 Å². The first kappa shape index (κ1) is 15.6. The van der Waals surface area contributed by atoms with Crippen LogP contribution in [0.4, 0.5) is 4.39 Å². The Morgan fingerprint density at radius 2 is 2.18 bits per heavy atom. The molecule has 1 aliphatic rings. The number of benzene rings is 1. The second-order valence-electron chi connectivity index (χ2n) is 5.57. The second kappa shape index (κ2) is 6.42. The van der Waals surface area contributed by atoms with Crippen LogP contribution in [0.2, 0.25) is 5.02 Å². The molecule has 1 heterocycles. The van der Waals surface area contributed by atoms with Crippen molar-refractivity contribution in [3.8, 4) is 0 Å². The molecule has 3 rings (SSSR count). The molecular weight excluding hydrogens is 323 g/mol. The van der Waals surface area contributed by atoms with Gasteiger partial charge in [0.2, 0.25) is 0 Å². The molecule has 1 fully saturated rings. The zero-order valence-electron chi connectivity index (χ0n) is 12.2. The summed E-state index contributed by atoms with van der Waals surface area (Å²) in [6, 6.07) is 4.60. The third kappa shape index (κ3) is 3.52. The fraction of sp³-hybridized carbons (Fsp3) is 0.375. The van der Waals surface area contributed by atoms with Crippen molar-refractivity contribution in [3.05, 3.63) is 56.2 Å². The number of aromatic amines is 1. The summed E-state index contributed by atoms with van der Waals surface area (Å²) in [5, 5.41) is 0.887. The van der Waals surface area contributed by atoms with Crippen molar-refractivity contribution in [1.29, 1.82) is 0 Å². The highest BCUT2D eigenvalue weighted by molar-refractivity contribution is 7.98. The van der Waals surface area contributed by atoms with Crippen molar-refractivity contribution in [2.75, 3.05) is 0 Å². The number of halogens is 2. The van der Waals surface area contributed by atoms with Crippen LogP contribution in [0.25, 0.3) is 0 Å². The summed E-state index contributed by atoms with van der Waals surface area (Å²) in [5.74, 6) is 0.623. The summed E-state index contributed by atoms with van der Waals surface area (Å²) >= 11 is 7.28. The molecule has 0 amide bonds. The third-order valence-electron chi connectivity index (χ3n) is 3.81. The molecule has 1 aromatic heterocycles. The predicted molar refractivity (Wildman–Crippen MR) is 87.0 cm³/mol. The van der Waals surface area contributed by atoms with Gasteiger partial charge in [-0.05, 0) is 44.2 Å². The van der Waals surface area contributed by atoms with E-state index >= 15 is 0 Å². The minimum Gasteiger partial charge on any atom is -0.301 e. The number of thioether (sulfide) groups is 1. The van der Waals surface area contributed by atoms with Crippen molar-refractivity contribution in [3.63, 3.8) is 0 Å². The van der Waals surface area contributed by atoms with Crippen molar-refractivity contribution in [2.24, 2.45) is 5.92 Å². The largest absolute Gasteiger partial charge is 0.301 e. The van der Waals surface area contributed by atoms with Crippen LogP contribution in [0.15, 0.2) is 28.2 Å². The summed E-state index contributed by atoms with van der Waals surface area (Å²) in [5.41, 5.74) is 1.88. The van der Waals surface area contributed by atoms with Crippen LogP contribution in [0.5, 0.6) is 0 Å². The van der Waals surface area contributed by atoms with Gasteiger partial charge in [-0.25, -0.2) is 9.37 Å². The molecule has 1 aromatic carbocycles. The van der Waals surface area contributed by atoms with E-state index in [4.69, 9.17) is 11.6 Å². The topological polar surface area (TPSA) is 45.8 Å². The van der Waals surface area contributed by atoms with Crippen molar-refractivity contribution >= 4 is 23.4 Å². The van der Waals surface area contributed by atoms with E-state index in [9.17, 15) is 9.18 Å². The number of aromatic nitrogens is 2.